The Bertz CT molecular complexity index is 1450. The number of likely N-dealkylation sites (tertiary alicyclic amines) is 1. The topological polar surface area (TPSA) is 184 Å². The van der Waals surface area contributed by atoms with Crippen molar-refractivity contribution in [1.29, 1.82) is 0 Å². The summed E-state index contributed by atoms with van der Waals surface area (Å²) in [5.74, 6) is 0.896. The van der Waals surface area contributed by atoms with Gasteiger partial charge in [-0.05, 0) is 24.1 Å². The first kappa shape index (κ1) is 26.5. The molecule has 0 spiro atoms. The molecule has 0 radical (unpaired) electrons. The predicted molar refractivity (Wildman–Crippen MR) is 144 cm³/mol. The van der Waals surface area contributed by atoms with Crippen molar-refractivity contribution in [2.24, 2.45) is 0 Å². The molecule has 0 unspecified atom stereocenters. The standard InChI is InChI=1S/C26H27N9O5/c36-13-12-27-24-19(8-4-10-21(24)35(38)39)20-9-5-11-23(29-20)28-18-14-22(25-30-32-33-31-25)34(15-18)26(37)40-16-17-6-2-1-3-7-17/h1-11,18,22,27,36H,12-16H2,(H,28,29)(H,30,31,32,33)/t18-,22-/m0/s1. The summed E-state index contributed by atoms with van der Waals surface area (Å²) in [6.45, 7) is 0.394. The van der Waals surface area contributed by atoms with Gasteiger partial charge in [0.25, 0.3) is 5.69 Å². The number of ether oxygens (including phenoxy) is 1. The number of aliphatic hydroxyl groups is 1. The number of nitrogens with zero attached hydrogens (tertiary/aromatic N) is 6. The highest BCUT2D eigenvalue weighted by Crippen LogP contribution is 2.36. The van der Waals surface area contributed by atoms with Crippen molar-refractivity contribution in [3.63, 3.8) is 0 Å². The summed E-state index contributed by atoms with van der Waals surface area (Å²) in [6, 6.07) is 18.7. The fourth-order valence-corrected chi connectivity index (χ4v) is 4.65. The molecule has 1 aliphatic rings. The summed E-state index contributed by atoms with van der Waals surface area (Å²) >= 11 is 0. The monoisotopic (exact) mass is 545 g/mol. The number of carbonyl (C=O) groups excluding carboxylic acids is 1. The minimum atomic E-state index is -0.499. The summed E-state index contributed by atoms with van der Waals surface area (Å²) < 4.78 is 5.57. The summed E-state index contributed by atoms with van der Waals surface area (Å²) in [7, 11) is 0. The minimum absolute atomic E-state index is 0.116. The third-order valence-corrected chi connectivity index (χ3v) is 6.43. The van der Waals surface area contributed by atoms with Crippen LogP contribution in [0.3, 0.4) is 0 Å². The van der Waals surface area contributed by atoms with Crippen molar-refractivity contribution < 1.29 is 19.6 Å². The third-order valence-electron chi connectivity index (χ3n) is 6.43. The van der Waals surface area contributed by atoms with E-state index in [1.54, 1.807) is 35.2 Å². The zero-order valence-electron chi connectivity index (χ0n) is 21.3. The van der Waals surface area contributed by atoms with Crippen LogP contribution in [0.25, 0.3) is 11.3 Å². The molecule has 1 amide bonds. The van der Waals surface area contributed by atoms with E-state index in [-0.39, 0.29) is 37.2 Å². The maximum atomic E-state index is 13.1. The normalized spacial score (nSPS) is 16.5. The van der Waals surface area contributed by atoms with Gasteiger partial charge < -0.3 is 20.5 Å². The molecule has 2 atom stereocenters. The van der Waals surface area contributed by atoms with Gasteiger partial charge in [0.15, 0.2) is 5.82 Å². The van der Waals surface area contributed by atoms with Crippen LogP contribution in [0, 0.1) is 10.1 Å². The highest BCUT2D eigenvalue weighted by molar-refractivity contribution is 5.83. The summed E-state index contributed by atoms with van der Waals surface area (Å²) in [4.78, 5) is 30.5. The molecule has 3 heterocycles. The van der Waals surface area contributed by atoms with Crippen LogP contribution >= 0.6 is 0 Å². The predicted octanol–water partition coefficient (Wildman–Crippen LogP) is 3.14. The molecule has 40 heavy (non-hydrogen) atoms. The number of para-hydroxylation sites is 1. The number of nitrogens with one attached hydrogen (secondary N) is 3. The van der Waals surface area contributed by atoms with Crippen LogP contribution in [0.2, 0.25) is 0 Å². The molecule has 4 N–H and O–H groups in total. The number of rotatable bonds is 10. The van der Waals surface area contributed by atoms with E-state index < -0.39 is 17.1 Å². The number of aromatic amines is 1. The second-order valence-electron chi connectivity index (χ2n) is 9.07. The van der Waals surface area contributed by atoms with E-state index in [9.17, 15) is 20.0 Å². The van der Waals surface area contributed by atoms with Gasteiger partial charge in [-0.15, -0.1) is 10.2 Å². The lowest BCUT2D eigenvalue weighted by Crippen LogP contribution is -2.34. The Kier molecular flexibility index (Phi) is 8.06. The number of tetrazole rings is 1. The SMILES string of the molecule is O=C(OCc1ccccc1)N1C[C@@H](Nc2cccc(-c3cccc([N+](=O)[O-])c3NCCO)n2)C[C@H]1c1nn[nH]n1. The van der Waals surface area contributed by atoms with E-state index in [1.165, 1.54) is 6.07 Å². The van der Waals surface area contributed by atoms with Crippen molar-refractivity contribution in [3.05, 3.63) is 88.2 Å². The second-order valence-corrected chi connectivity index (χ2v) is 9.07. The maximum absolute atomic E-state index is 13.1. The Hall–Kier alpha value is -5.11. The molecule has 0 aliphatic carbocycles. The van der Waals surface area contributed by atoms with Crippen LogP contribution in [-0.4, -0.2) is 72.4 Å². The number of aromatic nitrogens is 5. The molecule has 5 rings (SSSR count). The van der Waals surface area contributed by atoms with Gasteiger partial charge in [0.05, 0.1) is 17.2 Å². The fourth-order valence-electron chi connectivity index (χ4n) is 4.65. The lowest BCUT2D eigenvalue weighted by Gasteiger charge is -2.21. The minimum Gasteiger partial charge on any atom is -0.445 e. The number of aliphatic hydroxyl groups excluding tert-OH is 1. The number of hydrogen-bond acceptors (Lipinski definition) is 11. The second kappa shape index (κ2) is 12.2. The lowest BCUT2D eigenvalue weighted by molar-refractivity contribution is -0.383. The number of hydrogen-bond donors (Lipinski definition) is 4. The molecule has 2 aromatic carbocycles. The van der Waals surface area contributed by atoms with Gasteiger partial charge in [0, 0.05) is 30.8 Å². The molecule has 14 nitrogen and oxygen atoms in total. The van der Waals surface area contributed by atoms with Crippen molar-refractivity contribution in [2.75, 3.05) is 30.3 Å². The van der Waals surface area contributed by atoms with E-state index in [0.717, 1.165) is 5.56 Å². The van der Waals surface area contributed by atoms with Gasteiger partial charge in [-0.25, -0.2) is 9.78 Å². The zero-order valence-corrected chi connectivity index (χ0v) is 21.3. The van der Waals surface area contributed by atoms with Crippen molar-refractivity contribution in [1.82, 2.24) is 30.5 Å². The van der Waals surface area contributed by atoms with Gasteiger partial charge in [-0.2, -0.15) is 5.21 Å². The zero-order chi connectivity index (χ0) is 27.9. The van der Waals surface area contributed by atoms with Crippen molar-refractivity contribution >= 4 is 23.3 Å². The first-order valence-corrected chi connectivity index (χ1v) is 12.6. The Balaban J connectivity index is 1.34. The Labute approximate surface area is 228 Å². The first-order chi connectivity index (χ1) is 19.5. The van der Waals surface area contributed by atoms with Gasteiger partial charge >= 0.3 is 6.09 Å². The number of pyridine rings is 1. The lowest BCUT2D eigenvalue weighted by atomic mass is 10.1. The van der Waals surface area contributed by atoms with E-state index in [2.05, 4.69) is 36.2 Å². The fraction of sp³-hybridized carbons (Fsp3) is 0.269. The van der Waals surface area contributed by atoms with Gasteiger partial charge in [0.2, 0.25) is 0 Å². The summed E-state index contributed by atoms with van der Waals surface area (Å²) in [5.41, 5.74) is 2.05. The van der Waals surface area contributed by atoms with Crippen LogP contribution < -0.4 is 10.6 Å². The Morgan fingerprint density at radius 3 is 2.73 bits per heavy atom. The number of nitro groups is 1. The largest absolute Gasteiger partial charge is 0.445 e. The number of carbonyl (C=O) groups is 1. The molecule has 206 valence electrons. The maximum Gasteiger partial charge on any atom is 0.410 e. The number of amides is 1. The van der Waals surface area contributed by atoms with Gasteiger partial charge in [0.1, 0.15) is 24.2 Å². The van der Waals surface area contributed by atoms with Crippen LogP contribution in [0.1, 0.15) is 23.9 Å². The van der Waals surface area contributed by atoms with Crippen LogP contribution in [0.15, 0.2) is 66.7 Å². The van der Waals surface area contributed by atoms with E-state index in [4.69, 9.17) is 4.74 Å². The molecule has 0 bridgehead atoms. The molecular formula is C26H27N9O5. The molecule has 2 aromatic heterocycles. The summed E-state index contributed by atoms with van der Waals surface area (Å²) in [5, 5.41) is 41.4. The average Bonchev–Trinajstić information content (AvgIpc) is 3.66. The number of H-pyrrole nitrogens is 1. The first-order valence-electron chi connectivity index (χ1n) is 12.6. The molecule has 1 saturated heterocycles. The summed E-state index contributed by atoms with van der Waals surface area (Å²) in [6.07, 6.45) is -0.0210. The molecule has 4 aromatic rings. The smallest absolute Gasteiger partial charge is 0.410 e. The molecule has 1 aliphatic heterocycles. The Morgan fingerprint density at radius 2 is 1.98 bits per heavy atom. The third kappa shape index (κ3) is 5.96. The van der Waals surface area contributed by atoms with E-state index in [1.807, 2.05) is 30.3 Å². The molecule has 14 heteroatoms. The van der Waals surface area contributed by atoms with Crippen LogP contribution in [-0.2, 0) is 11.3 Å². The van der Waals surface area contributed by atoms with Crippen molar-refractivity contribution in [3.8, 4) is 11.3 Å². The van der Waals surface area contributed by atoms with Gasteiger partial charge in [-0.3, -0.25) is 15.0 Å². The Morgan fingerprint density at radius 1 is 1.15 bits per heavy atom. The highest BCUT2D eigenvalue weighted by Gasteiger charge is 2.39. The van der Waals surface area contributed by atoms with Gasteiger partial charge in [-0.1, -0.05) is 53.7 Å². The van der Waals surface area contributed by atoms with Crippen LogP contribution in [0.4, 0.5) is 22.0 Å². The molecule has 0 saturated carbocycles. The average molecular weight is 546 g/mol. The quantitative estimate of drug-likeness (QED) is 0.169. The number of nitro benzene ring substituents is 1. The van der Waals surface area contributed by atoms with Crippen molar-refractivity contribution in [2.45, 2.75) is 25.1 Å². The van der Waals surface area contributed by atoms with Crippen LogP contribution in [0.5, 0.6) is 0 Å². The molecule has 1 fully saturated rings. The van der Waals surface area contributed by atoms with E-state index >= 15 is 0 Å². The highest BCUT2D eigenvalue weighted by atomic mass is 16.6. The number of anilines is 2. The molecular weight excluding hydrogens is 518 g/mol. The van der Waals surface area contributed by atoms with E-state index in [0.29, 0.717) is 35.9 Å². The number of benzene rings is 2.